The zero-order chi connectivity index (χ0) is 15.6. The molecule has 0 radical (unpaired) electrons. The van der Waals surface area contributed by atoms with Crippen molar-refractivity contribution in [1.82, 2.24) is 15.1 Å². The number of aryl methyl sites for hydroxylation is 1. The smallest absolute Gasteiger partial charge is 0.270 e. The highest BCUT2D eigenvalue weighted by atomic mass is 35.7. The molecule has 1 N–H and O–H groups in total. The Morgan fingerprint density at radius 1 is 1.48 bits per heavy atom. The number of hydrogen-bond donors (Lipinski definition) is 1. The van der Waals surface area contributed by atoms with E-state index in [4.69, 9.17) is 10.7 Å². The predicted octanol–water partition coefficient (Wildman–Crippen LogP) is 1.69. The average molecular weight is 348 g/mol. The maximum atomic E-state index is 12.0. The van der Waals surface area contributed by atoms with Crippen LogP contribution in [0.15, 0.2) is 22.5 Å². The molecule has 2 rings (SSSR count). The lowest BCUT2D eigenvalue weighted by Crippen LogP contribution is -2.25. The van der Waals surface area contributed by atoms with E-state index in [9.17, 15) is 13.2 Å². The summed E-state index contributed by atoms with van der Waals surface area (Å²) in [4.78, 5) is 12.8. The lowest BCUT2D eigenvalue weighted by molar-refractivity contribution is 0.0953. The summed E-state index contributed by atoms with van der Waals surface area (Å²) in [6, 6.07) is 3.16. The largest absolute Gasteiger partial charge is 0.352 e. The maximum Gasteiger partial charge on any atom is 0.270 e. The van der Waals surface area contributed by atoms with E-state index in [0.29, 0.717) is 18.5 Å². The number of halogens is 1. The molecule has 0 saturated carbocycles. The van der Waals surface area contributed by atoms with Gasteiger partial charge in [0, 0.05) is 34.8 Å². The Bertz CT molecular complexity index is 765. The summed E-state index contributed by atoms with van der Waals surface area (Å²) in [5.41, 5.74) is 1.33. The molecule has 0 unspecified atom stereocenters. The quantitative estimate of drug-likeness (QED) is 0.834. The summed E-state index contributed by atoms with van der Waals surface area (Å²) in [5.74, 6) is -0.192. The third-order valence-electron chi connectivity index (χ3n) is 3.01. The molecule has 0 aliphatic rings. The van der Waals surface area contributed by atoms with Crippen LogP contribution in [0.25, 0.3) is 0 Å². The first-order valence-corrected chi connectivity index (χ1v) is 9.22. The minimum atomic E-state index is -3.68. The van der Waals surface area contributed by atoms with Crippen LogP contribution in [0, 0.1) is 6.92 Å². The van der Waals surface area contributed by atoms with Gasteiger partial charge in [0.15, 0.2) is 0 Å². The molecule has 0 aliphatic carbocycles. The van der Waals surface area contributed by atoms with Crippen LogP contribution in [0.2, 0.25) is 0 Å². The number of nitrogens with zero attached hydrogens (tertiary/aromatic N) is 2. The van der Waals surface area contributed by atoms with Crippen molar-refractivity contribution in [2.24, 2.45) is 7.05 Å². The highest BCUT2D eigenvalue weighted by molar-refractivity contribution is 8.15. The van der Waals surface area contributed by atoms with Crippen LogP contribution in [-0.2, 0) is 22.5 Å². The van der Waals surface area contributed by atoms with E-state index in [0.717, 1.165) is 21.9 Å². The molecule has 0 fully saturated rings. The van der Waals surface area contributed by atoms with E-state index >= 15 is 0 Å². The van der Waals surface area contributed by atoms with E-state index in [1.165, 1.54) is 12.3 Å². The molecule has 0 bridgehead atoms. The van der Waals surface area contributed by atoms with Gasteiger partial charge in [0.2, 0.25) is 0 Å². The number of hydrogen-bond acceptors (Lipinski definition) is 5. The Morgan fingerprint density at radius 3 is 2.71 bits per heavy atom. The zero-order valence-electron chi connectivity index (χ0n) is 11.5. The molecule has 0 aliphatic heterocycles. The maximum absolute atomic E-state index is 12.0. The topological polar surface area (TPSA) is 81.1 Å². The summed E-state index contributed by atoms with van der Waals surface area (Å²) < 4.78 is 24.0. The fraction of sp³-hybridized carbons (Fsp3) is 0.333. The van der Waals surface area contributed by atoms with Gasteiger partial charge in [-0.05, 0) is 25.5 Å². The van der Waals surface area contributed by atoms with Gasteiger partial charge in [-0.2, -0.15) is 5.10 Å². The number of carbonyl (C=O) groups excluding carboxylic acids is 1. The van der Waals surface area contributed by atoms with E-state index in [1.54, 1.807) is 17.8 Å². The summed E-state index contributed by atoms with van der Waals surface area (Å²) >= 11 is 1.11. The van der Waals surface area contributed by atoms with Crippen molar-refractivity contribution in [2.75, 3.05) is 6.54 Å². The minimum absolute atomic E-state index is 0.119. The summed E-state index contributed by atoms with van der Waals surface area (Å²) in [6.07, 6.45) is 2.07. The van der Waals surface area contributed by atoms with E-state index < -0.39 is 9.05 Å². The second-order valence-electron chi connectivity index (χ2n) is 4.43. The fourth-order valence-corrected chi connectivity index (χ4v) is 3.86. The normalized spacial score (nSPS) is 11.6. The van der Waals surface area contributed by atoms with Crippen molar-refractivity contribution < 1.29 is 13.2 Å². The Morgan fingerprint density at radius 2 is 2.19 bits per heavy atom. The molecule has 0 spiro atoms. The molecule has 2 aromatic rings. The molecule has 1 amide bonds. The van der Waals surface area contributed by atoms with Gasteiger partial charge in [-0.3, -0.25) is 9.48 Å². The van der Waals surface area contributed by atoms with Crippen LogP contribution in [0.5, 0.6) is 0 Å². The van der Waals surface area contributed by atoms with Crippen molar-refractivity contribution in [1.29, 1.82) is 0 Å². The van der Waals surface area contributed by atoms with Crippen LogP contribution < -0.4 is 5.32 Å². The SMILES string of the molecule is Cc1c(C(=O)NCCc2ccc(S(=O)(=O)Cl)s2)cnn1C. The Kier molecular flexibility index (Phi) is 4.70. The van der Waals surface area contributed by atoms with Crippen LogP contribution >= 0.6 is 22.0 Å². The molecule has 0 aromatic carbocycles. The lowest BCUT2D eigenvalue weighted by atomic mass is 10.2. The van der Waals surface area contributed by atoms with Gasteiger partial charge in [-0.15, -0.1) is 11.3 Å². The Hall–Kier alpha value is -1.38. The first-order chi connectivity index (χ1) is 9.79. The van der Waals surface area contributed by atoms with Crippen molar-refractivity contribution in [2.45, 2.75) is 17.6 Å². The average Bonchev–Trinajstić information content (AvgIpc) is 2.98. The number of amides is 1. The van der Waals surface area contributed by atoms with E-state index in [2.05, 4.69) is 10.4 Å². The Labute approximate surface area is 131 Å². The summed E-state index contributed by atoms with van der Waals surface area (Å²) in [6.45, 7) is 2.23. The van der Waals surface area contributed by atoms with E-state index in [-0.39, 0.29) is 10.1 Å². The third-order valence-corrected chi connectivity index (χ3v) is 6.25. The molecule has 2 heterocycles. The van der Waals surface area contributed by atoms with Crippen LogP contribution in [0.1, 0.15) is 20.9 Å². The van der Waals surface area contributed by atoms with Gasteiger partial charge in [0.25, 0.3) is 15.0 Å². The predicted molar refractivity (Wildman–Crippen MR) is 81.3 cm³/mol. The number of aromatic nitrogens is 2. The molecular formula is C12H14ClN3O3S2. The monoisotopic (exact) mass is 347 g/mol. The van der Waals surface area contributed by atoms with Crippen LogP contribution in [-0.4, -0.2) is 30.7 Å². The fourth-order valence-electron chi connectivity index (χ4n) is 1.74. The number of thiophene rings is 1. The molecule has 9 heteroatoms. The van der Waals surface area contributed by atoms with Gasteiger partial charge in [0.05, 0.1) is 11.8 Å². The van der Waals surface area contributed by atoms with Gasteiger partial charge in [0.1, 0.15) is 4.21 Å². The highest BCUT2D eigenvalue weighted by Gasteiger charge is 2.14. The molecule has 6 nitrogen and oxygen atoms in total. The van der Waals surface area contributed by atoms with Gasteiger partial charge < -0.3 is 5.32 Å². The molecule has 21 heavy (non-hydrogen) atoms. The van der Waals surface area contributed by atoms with Gasteiger partial charge in [-0.1, -0.05) is 0 Å². The highest BCUT2D eigenvalue weighted by Crippen LogP contribution is 2.24. The minimum Gasteiger partial charge on any atom is -0.352 e. The first-order valence-electron chi connectivity index (χ1n) is 6.09. The van der Waals surface area contributed by atoms with Crippen molar-refractivity contribution in [3.8, 4) is 0 Å². The number of carbonyl (C=O) groups is 1. The van der Waals surface area contributed by atoms with Gasteiger partial charge >= 0.3 is 0 Å². The van der Waals surface area contributed by atoms with Crippen molar-refractivity contribution in [3.63, 3.8) is 0 Å². The summed E-state index contributed by atoms with van der Waals surface area (Å²) in [5, 5.41) is 6.79. The third kappa shape index (κ3) is 3.84. The van der Waals surface area contributed by atoms with Gasteiger partial charge in [-0.25, -0.2) is 8.42 Å². The second-order valence-corrected chi connectivity index (χ2v) is 8.39. The first kappa shape index (κ1) is 16.0. The molecule has 0 atom stereocenters. The van der Waals surface area contributed by atoms with E-state index in [1.807, 2.05) is 6.92 Å². The zero-order valence-corrected chi connectivity index (χ0v) is 13.8. The Balaban J connectivity index is 1.91. The molecule has 2 aromatic heterocycles. The van der Waals surface area contributed by atoms with Crippen molar-refractivity contribution >= 4 is 37.0 Å². The number of nitrogens with one attached hydrogen (secondary N) is 1. The summed E-state index contributed by atoms with van der Waals surface area (Å²) in [7, 11) is 3.35. The molecule has 114 valence electrons. The molecular weight excluding hydrogens is 334 g/mol. The molecule has 0 saturated heterocycles. The number of rotatable bonds is 5. The van der Waals surface area contributed by atoms with Crippen molar-refractivity contribution in [3.05, 3.63) is 34.5 Å². The second kappa shape index (κ2) is 6.17. The van der Waals surface area contributed by atoms with Crippen LogP contribution in [0.4, 0.5) is 0 Å². The lowest BCUT2D eigenvalue weighted by Gasteiger charge is -2.03. The standard InChI is InChI=1S/C12H14ClN3O3S2/c1-8-10(7-15-16(8)2)12(17)14-6-5-9-3-4-11(20-9)21(13,18)19/h3-4,7H,5-6H2,1-2H3,(H,14,17). The van der Waals surface area contributed by atoms with Crippen LogP contribution in [0.3, 0.4) is 0 Å².